The Morgan fingerprint density at radius 2 is 2.06 bits per heavy atom. The first-order valence-electron chi connectivity index (χ1n) is 5.50. The number of rotatable bonds is 2. The summed E-state index contributed by atoms with van der Waals surface area (Å²) in [5, 5.41) is 8.06. The summed E-state index contributed by atoms with van der Waals surface area (Å²) in [4.78, 5) is 8.46. The van der Waals surface area contributed by atoms with E-state index in [-0.39, 0.29) is 0 Å². The molecule has 3 aromatic heterocycles. The Hall–Kier alpha value is -2.38. The molecule has 0 aliphatic carbocycles. The van der Waals surface area contributed by atoms with Crippen LogP contribution >= 0.6 is 0 Å². The van der Waals surface area contributed by atoms with E-state index >= 15 is 0 Å². The molecule has 0 saturated carbocycles. The maximum absolute atomic E-state index is 5.91. The van der Waals surface area contributed by atoms with Crippen molar-refractivity contribution in [2.45, 2.75) is 20.4 Å². The Bertz CT molecular complexity index is 720. The highest BCUT2D eigenvalue weighted by Crippen LogP contribution is 2.21. The maximum atomic E-state index is 5.91. The molecule has 0 spiro atoms. The SMILES string of the molecule is Cc1noc(Cn2c(N)nc3c(C)nn(C)c32)n1. The van der Waals surface area contributed by atoms with Gasteiger partial charge in [-0.25, -0.2) is 4.98 Å². The molecule has 8 nitrogen and oxygen atoms in total. The van der Waals surface area contributed by atoms with Crippen LogP contribution in [0.1, 0.15) is 17.4 Å². The number of aryl methyl sites for hydroxylation is 3. The molecule has 0 aliphatic heterocycles. The average Bonchev–Trinajstić information content (AvgIpc) is 2.91. The van der Waals surface area contributed by atoms with Crippen molar-refractivity contribution >= 4 is 17.1 Å². The second kappa shape index (κ2) is 3.56. The molecule has 8 heteroatoms. The topological polar surface area (TPSA) is 101 Å². The lowest BCUT2D eigenvalue weighted by molar-refractivity contribution is 0.369. The van der Waals surface area contributed by atoms with Crippen LogP contribution in [-0.4, -0.2) is 29.5 Å². The van der Waals surface area contributed by atoms with Crippen molar-refractivity contribution in [1.82, 2.24) is 29.5 Å². The molecule has 2 N–H and O–H groups in total. The Balaban J connectivity index is 2.13. The number of nitrogen functional groups attached to an aromatic ring is 1. The molecule has 3 rings (SSSR count). The monoisotopic (exact) mass is 247 g/mol. The summed E-state index contributed by atoms with van der Waals surface area (Å²) >= 11 is 0. The number of aromatic nitrogens is 6. The van der Waals surface area contributed by atoms with Gasteiger partial charge in [0.1, 0.15) is 12.1 Å². The summed E-state index contributed by atoms with van der Waals surface area (Å²) in [5.74, 6) is 1.51. The maximum Gasteiger partial charge on any atom is 0.246 e. The lowest BCUT2D eigenvalue weighted by atomic mass is 10.4. The molecule has 0 atom stereocenters. The molecular weight excluding hydrogens is 234 g/mol. The molecule has 0 saturated heterocycles. The Kier molecular flexibility index (Phi) is 2.12. The lowest BCUT2D eigenvalue weighted by Gasteiger charge is -2.02. The van der Waals surface area contributed by atoms with Crippen LogP contribution in [0.3, 0.4) is 0 Å². The molecule has 18 heavy (non-hydrogen) atoms. The zero-order chi connectivity index (χ0) is 12.9. The fourth-order valence-electron chi connectivity index (χ4n) is 2.05. The van der Waals surface area contributed by atoms with E-state index in [1.807, 2.05) is 18.5 Å². The summed E-state index contributed by atoms with van der Waals surface area (Å²) in [7, 11) is 1.85. The number of hydrogen-bond acceptors (Lipinski definition) is 6. The van der Waals surface area contributed by atoms with Gasteiger partial charge in [0.2, 0.25) is 11.8 Å². The third-order valence-corrected chi connectivity index (χ3v) is 2.78. The van der Waals surface area contributed by atoms with Crippen molar-refractivity contribution in [2.24, 2.45) is 7.05 Å². The van der Waals surface area contributed by atoms with Crippen LogP contribution in [0.4, 0.5) is 5.95 Å². The third-order valence-electron chi connectivity index (χ3n) is 2.78. The first-order chi connectivity index (χ1) is 8.56. The lowest BCUT2D eigenvalue weighted by Crippen LogP contribution is -2.08. The first kappa shape index (κ1) is 10.8. The molecule has 0 bridgehead atoms. The van der Waals surface area contributed by atoms with Gasteiger partial charge in [-0.2, -0.15) is 10.1 Å². The van der Waals surface area contributed by atoms with E-state index in [0.717, 1.165) is 16.9 Å². The van der Waals surface area contributed by atoms with E-state index in [2.05, 4.69) is 20.2 Å². The molecular formula is C10H13N7O. The third kappa shape index (κ3) is 1.45. The van der Waals surface area contributed by atoms with E-state index in [1.165, 1.54) is 0 Å². The molecule has 0 fully saturated rings. The van der Waals surface area contributed by atoms with Crippen LogP contribution in [0.15, 0.2) is 4.52 Å². The van der Waals surface area contributed by atoms with Crippen molar-refractivity contribution in [1.29, 1.82) is 0 Å². The number of anilines is 1. The van der Waals surface area contributed by atoms with Crippen LogP contribution in [0.25, 0.3) is 11.2 Å². The van der Waals surface area contributed by atoms with E-state index < -0.39 is 0 Å². The van der Waals surface area contributed by atoms with Crippen LogP contribution in [-0.2, 0) is 13.6 Å². The number of nitrogens with two attached hydrogens (primary N) is 1. The highest BCUT2D eigenvalue weighted by molar-refractivity contribution is 5.77. The number of imidazole rings is 1. The van der Waals surface area contributed by atoms with Crippen LogP contribution in [0, 0.1) is 13.8 Å². The first-order valence-corrected chi connectivity index (χ1v) is 5.50. The summed E-state index contributed by atoms with van der Waals surface area (Å²) < 4.78 is 8.65. The summed E-state index contributed by atoms with van der Waals surface area (Å²) in [6.45, 7) is 4.06. The second-order valence-electron chi connectivity index (χ2n) is 4.17. The molecule has 0 aromatic carbocycles. The van der Waals surface area contributed by atoms with Gasteiger partial charge in [0.05, 0.1) is 5.69 Å². The van der Waals surface area contributed by atoms with Crippen LogP contribution in [0.2, 0.25) is 0 Å². The minimum atomic E-state index is 0.391. The van der Waals surface area contributed by atoms with Gasteiger partial charge in [-0.1, -0.05) is 5.16 Å². The Morgan fingerprint density at radius 3 is 2.72 bits per heavy atom. The highest BCUT2D eigenvalue weighted by Gasteiger charge is 2.17. The Labute approximate surface area is 102 Å². The van der Waals surface area contributed by atoms with Crippen molar-refractivity contribution in [3.8, 4) is 0 Å². The van der Waals surface area contributed by atoms with Gasteiger partial charge in [-0.05, 0) is 13.8 Å². The Morgan fingerprint density at radius 1 is 1.28 bits per heavy atom. The van der Waals surface area contributed by atoms with Crippen LogP contribution < -0.4 is 5.73 Å². The number of nitrogens with zero attached hydrogens (tertiary/aromatic N) is 6. The van der Waals surface area contributed by atoms with Gasteiger partial charge in [0.15, 0.2) is 11.5 Å². The zero-order valence-electron chi connectivity index (χ0n) is 10.4. The molecule has 0 aliphatic rings. The normalized spacial score (nSPS) is 11.5. The molecule has 94 valence electrons. The number of fused-ring (bicyclic) bond motifs is 1. The van der Waals surface area contributed by atoms with Crippen molar-refractivity contribution in [3.63, 3.8) is 0 Å². The quantitative estimate of drug-likeness (QED) is 0.703. The minimum absolute atomic E-state index is 0.391. The van der Waals surface area contributed by atoms with Crippen LogP contribution in [0.5, 0.6) is 0 Å². The standard InChI is InChI=1S/C10H13N7O/c1-5-8-9(16(3)14-5)17(10(11)13-8)4-7-12-6(2)15-18-7/h4H2,1-3H3,(H2,11,13). The van der Waals surface area contributed by atoms with E-state index in [1.54, 1.807) is 11.6 Å². The number of hydrogen-bond donors (Lipinski definition) is 1. The van der Waals surface area contributed by atoms with E-state index in [0.29, 0.717) is 24.2 Å². The summed E-state index contributed by atoms with van der Waals surface area (Å²) in [6, 6.07) is 0. The predicted molar refractivity (Wildman–Crippen MR) is 63.8 cm³/mol. The summed E-state index contributed by atoms with van der Waals surface area (Å²) in [5.41, 5.74) is 8.40. The largest absolute Gasteiger partial charge is 0.369 e. The van der Waals surface area contributed by atoms with Crippen molar-refractivity contribution < 1.29 is 4.52 Å². The fourth-order valence-corrected chi connectivity index (χ4v) is 2.05. The molecule has 3 heterocycles. The molecule has 0 amide bonds. The zero-order valence-corrected chi connectivity index (χ0v) is 10.4. The van der Waals surface area contributed by atoms with E-state index in [4.69, 9.17) is 10.3 Å². The van der Waals surface area contributed by atoms with Crippen molar-refractivity contribution in [3.05, 3.63) is 17.4 Å². The average molecular weight is 247 g/mol. The van der Waals surface area contributed by atoms with Gasteiger partial charge in [0, 0.05) is 7.05 Å². The van der Waals surface area contributed by atoms with Crippen molar-refractivity contribution in [2.75, 3.05) is 5.73 Å². The molecule has 0 unspecified atom stereocenters. The molecule has 3 aromatic rings. The smallest absolute Gasteiger partial charge is 0.246 e. The van der Waals surface area contributed by atoms with Gasteiger partial charge < -0.3 is 10.3 Å². The summed E-state index contributed by atoms with van der Waals surface area (Å²) in [6.07, 6.45) is 0. The van der Waals surface area contributed by atoms with Gasteiger partial charge in [-0.3, -0.25) is 9.25 Å². The van der Waals surface area contributed by atoms with Gasteiger partial charge in [-0.15, -0.1) is 0 Å². The highest BCUT2D eigenvalue weighted by atomic mass is 16.5. The van der Waals surface area contributed by atoms with E-state index in [9.17, 15) is 0 Å². The fraction of sp³-hybridized carbons (Fsp3) is 0.400. The predicted octanol–water partition coefficient (Wildman–Crippen LogP) is 0.400. The van der Waals surface area contributed by atoms with Gasteiger partial charge in [0.25, 0.3) is 0 Å². The van der Waals surface area contributed by atoms with Gasteiger partial charge >= 0.3 is 0 Å². The molecule has 0 radical (unpaired) electrons. The second-order valence-corrected chi connectivity index (χ2v) is 4.17. The minimum Gasteiger partial charge on any atom is -0.369 e.